The highest BCUT2D eigenvalue weighted by Crippen LogP contribution is 2.31. The summed E-state index contributed by atoms with van der Waals surface area (Å²) in [5.74, 6) is -0.414. The number of halogens is 1. The minimum Gasteiger partial charge on any atom is -0.508 e. The number of carbonyl (C=O) groups is 1. The number of phenols is 1. The molecule has 5 nitrogen and oxygen atoms in total. The minimum atomic E-state index is -0.591. The van der Waals surface area contributed by atoms with Crippen LogP contribution in [0, 0.1) is 17.1 Å². The van der Waals surface area contributed by atoms with Crippen molar-refractivity contribution in [3.63, 3.8) is 0 Å². The van der Waals surface area contributed by atoms with Crippen LogP contribution in [0.25, 0.3) is 16.8 Å². The van der Waals surface area contributed by atoms with Crippen molar-refractivity contribution in [1.82, 2.24) is 0 Å². The first-order valence-electron chi connectivity index (χ1n) is 10.1. The standard InChI is InChI=1S/C27H19FN2O3/c28-21-6-3-4-18(14-21)17-33-26-13-8-19-5-1-2-7-24(19)25(26)15-20(16-29)27(32)30-22-9-11-23(31)12-10-22/h1-15,31H,17H2,(H,30,32)/b20-15+. The summed E-state index contributed by atoms with van der Waals surface area (Å²) in [6, 6.07) is 25.2. The van der Waals surface area contributed by atoms with E-state index < -0.39 is 5.91 Å². The molecule has 0 aromatic heterocycles. The van der Waals surface area contributed by atoms with Gasteiger partial charge in [-0.3, -0.25) is 4.79 Å². The molecule has 0 unspecified atom stereocenters. The predicted octanol–water partition coefficient (Wildman–Crippen LogP) is 5.81. The number of benzene rings is 4. The number of nitrogens with zero attached hydrogens (tertiary/aromatic N) is 1. The Balaban J connectivity index is 1.69. The first kappa shape index (κ1) is 21.6. The molecule has 162 valence electrons. The molecule has 0 aliphatic heterocycles. The van der Waals surface area contributed by atoms with Gasteiger partial charge in [-0.2, -0.15) is 5.26 Å². The lowest BCUT2D eigenvalue weighted by Crippen LogP contribution is -2.13. The molecule has 0 atom stereocenters. The number of hydrogen-bond acceptors (Lipinski definition) is 4. The van der Waals surface area contributed by atoms with E-state index in [2.05, 4.69) is 5.32 Å². The summed E-state index contributed by atoms with van der Waals surface area (Å²) < 4.78 is 19.5. The summed E-state index contributed by atoms with van der Waals surface area (Å²) >= 11 is 0. The van der Waals surface area contributed by atoms with Crippen molar-refractivity contribution in [2.24, 2.45) is 0 Å². The summed E-state index contributed by atoms with van der Waals surface area (Å²) in [5.41, 5.74) is 1.56. The molecule has 4 rings (SSSR count). The number of nitrogens with one attached hydrogen (secondary N) is 1. The third-order valence-electron chi connectivity index (χ3n) is 4.99. The lowest BCUT2D eigenvalue weighted by Gasteiger charge is -2.13. The Bertz CT molecular complexity index is 1390. The van der Waals surface area contributed by atoms with Crippen molar-refractivity contribution < 1.29 is 19.0 Å². The number of rotatable bonds is 6. The number of anilines is 1. The number of fused-ring (bicyclic) bond motifs is 1. The summed E-state index contributed by atoms with van der Waals surface area (Å²) in [5, 5.41) is 23.5. The molecular formula is C27H19FN2O3. The number of aromatic hydroxyl groups is 1. The Morgan fingerprint density at radius 1 is 1.03 bits per heavy atom. The lowest BCUT2D eigenvalue weighted by atomic mass is 10.0. The van der Waals surface area contributed by atoms with Crippen LogP contribution in [0.3, 0.4) is 0 Å². The molecule has 0 aliphatic rings. The Morgan fingerprint density at radius 2 is 1.82 bits per heavy atom. The second-order valence-electron chi connectivity index (χ2n) is 7.29. The van der Waals surface area contributed by atoms with Crippen molar-refractivity contribution in [3.05, 3.63) is 107 Å². The van der Waals surface area contributed by atoms with Crippen molar-refractivity contribution in [2.45, 2.75) is 6.61 Å². The number of ether oxygens (including phenoxy) is 1. The van der Waals surface area contributed by atoms with Crippen LogP contribution >= 0.6 is 0 Å². The zero-order valence-corrected chi connectivity index (χ0v) is 17.5. The zero-order chi connectivity index (χ0) is 23.2. The number of nitriles is 1. The van der Waals surface area contributed by atoms with Crippen molar-refractivity contribution in [1.29, 1.82) is 5.26 Å². The fourth-order valence-corrected chi connectivity index (χ4v) is 3.37. The van der Waals surface area contributed by atoms with E-state index in [0.717, 1.165) is 10.8 Å². The number of amides is 1. The second kappa shape index (κ2) is 9.67. The Labute approximate surface area is 190 Å². The van der Waals surface area contributed by atoms with Crippen LogP contribution in [-0.4, -0.2) is 11.0 Å². The van der Waals surface area contributed by atoms with E-state index in [-0.39, 0.29) is 23.7 Å². The predicted molar refractivity (Wildman–Crippen MR) is 125 cm³/mol. The van der Waals surface area contributed by atoms with Gasteiger partial charge in [0.15, 0.2) is 0 Å². The molecule has 0 heterocycles. The van der Waals surface area contributed by atoms with E-state index in [9.17, 15) is 19.6 Å². The van der Waals surface area contributed by atoms with E-state index in [1.807, 2.05) is 36.4 Å². The average molecular weight is 438 g/mol. The molecule has 0 bridgehead atoms. The van der Waals surface area contributed by atoms with Crippen molar-refractivity contribution in [2.75, 3.05) is 5.32 Å². The van der Waals surface area contributed by atoms with Crippen LogP contribution in [-0.2, 0) is 11.4 Å². The molecule has 0 spiro atoms. The first-order chi connectivity index (χ1) is 16.0. The zero-order valence-electron chi connectivity index (χ0n) is 17.5. The largest absolute Gasteiger partial charge is 0.508 e. The SMILES string of the molecule is N#C/C(=C\c1c(OCc2cccc(F)c2)ccc2ccccc12)C(=O)Nc1ccc(O)cc1. The second-order valence-corrected chi connectivity index (χ2v) is 7.29. The van der Waals surface area contributed by atoms with Gasteiger partial charge in [-0.05, 0) is 64.9 Å². The van der Waals surface area contributed by atoms with E-state index in [4.69, 9.17) is 4.74 Å². The third-order valence-corrected chi connectivity index (χ3v) is 4.99. The molecule has 33 heavy (non-hydrogen) atoms. The van der Waals surface area contributed by atoms with Gasteiger partial charge in [-0.15, -0.1) is 0 Å². The van der Waals surface area contributed by atoms with Crippen LogP contribution in [0.4, 0.5) is 10.1 Å². The third kappa shape index (κ3) is 5.17. The molecule has 6 heteroatoms. The van der Waals surface area contributed by atoms with Gasteiger partial charge in [0, 0.05) is 11.3 Å². The molecule has 0 saturated carbocycles. The molecule has 0 fully saturated rings. The molecular weight excluding hydrogens is 419 g/mol. The smallest absolute Gasteiger partial charge is 0.266 e. The molecule has 0 aliphatic carbocycles. The van der Waals surface area contributed by atoms with Crippen LogP contribution in [0.15, 0.2) is 90.5 Å². The molecule has 4 aromatic rings. The maximum atomic E-state index is 13.5. The fraction of sp³-hybridized carbons (Fsp3) is 0.0370. The molecule has 0 radical (unpaired) electrons. The average Bonchev–Trinajstić information content (AvgIpc) is 2.83. The van der Waals surface area contributed by atoms with Gasteiger partial charge in [0.1, 0.15) is 35.6 Å². The molecule has 0 saturated heterocycles. The van der Waals surface area contributed by atoms with E-state index in [1.54, 1.807) is 18.2 Å². The van der Waals surface area contributed by atoms with Gasteiger partial charge >= 0.3 is 0 Å². The number of hydrogen-bond donors (Lipinski definition) is 2. The monoisotopic (exact) mass is 438 g/mol. The Hall–Kier alpha value is -4.63. The van der Waals surface area contributed by atoms with E-state index >= 15 is 0 Å². The Morgan fingerprint density at radius 3 is 2.58 bits per heavy atom. The maximum Gasteiger partial charge on any atom is 0.266 e. The number of carbonyl (C=O) groups excluding carboxylic acids is 1. The van der Waals surface area contributed by atoms with Gasteiger partial charge in [0.05, 0.1) is 0 Å². The van der Waals surface area contributed by atoms with Gasteiger partial charge in [0.25, 0.3) is 5.91 Å². The normalized spacial score (nSPS) is 11.1. The topological polar surface area (TPSA) is 82.3 Å². The molecule has 2 N–H and O–H groups in total. The van der Waals surface area contributed by atoms with Crippen molar-refractivity contribution >= 4 is 28.4 Å². The van der Waals surface area contributed by atoms with Crippen LogP contribution in [0.1, 0.15) is 11.1 Å². The van der Waals surface area contributed by atoms with Gasteiger partial charge in [-0.1, -0.05) is 42.5 Å². The summed E-state index contributed by atoms with van der Waals surface area (Å²) in [6.45, 7) is 0.124. The van der Waals surface area contributed by atoms with Crippen molar-refractivity contribution in [3.8, 4) is 17.6 Å². The highest BCUT2D eigenvalue weighted by molar-refractivity contribution is 6.11. The highest BCUT2D eigenvalue weighted by atomic mass is 19.1. The van der Waals surface area contributed by atoms with Crippen LogP contribution in [0.2, 0.25) is 0 Å². The lowest BCUT2D eigenvalue weighted by molar-refractivity contribution is -0.112. The van der Waals surface area contributed by atoms with Gasteiger partial charge in [-0.25, -0.2) is 4.39 Å². The van der Waals surface area contributed by atoms with Crippen LogP contribution < -0.4 is 10.1 Å². The quantitative estimate of drug-likeness (QED) is 0.226. The van der Waals surface area contributed by atoms with E-state index in [1.165, 1.54) is 42.5 Å². The first-order valence-corrected chi connectivity index (χ1v) is 10.1. The number of phenolic OH excluding ortho intramolecular Hbond substituents is 1. The summed E-state index contributed by atoms with van der Waals surface area (Å²) in [4.78, 5) is 12.8. The van der Waals surface area contributed by atoms with Gasteiger partial charge in [0.2, 0.25) is 0 Å². The van der Waals surface area contributed by atoms with Gasteiger partial charge < -0.3 is 15.2 Å². The Kier molecular flexibility index (Phi) is 6.33. The minimum absolute atomic E-state index is 0.0693. The van der Waals surface area contributed by atoms with E-state index in [0.29, 0.717) is 22.6 Å². The maximum absolute atomic E-state index is 13.5. The molecule has 4 aromatic carbocycles. The highest BCUT2D eigenvalue weighted by Gasteiger charge is 2.14. The summed E-state index contributed by atoms with van der Waals surface area (Å²) in [7, 11) is 0. The fourth-order valence-electron chi connectivity index (χ4n) is 3.37. The van der Waals surface area contributed by atoms with Crippen LogP contribution in [0.5, 0.6) is 11.5 Å². The summed E-state index contributed by atoms with van der Waals surface area (Å²) in [6.07, 6.45) is 1.49. The molecule has 1 amide bonds.